The van der Waals surface area contributed by atoms with Gasteiger partial charge in [0.2, 0.25) is 0 Å². The van der Waals surface area contributed by atoms with E-state index >= 15 is 0 Å². The van der Waals surface area contributed by atoms with Gasteiger partial charge in [0.15, 0.2) is 11.5 Å². The first kappa shape index (κ1) is 24.4. The minimum Gasteiger partial charge on any atom is -0.493 e. The van der Waals surface area contributed by atoms with Gasteiger partial charge in [-0.1, -0.05) is 6.07 Å². The van der Waals surface area contributed by atoms with Crippen LogP contribution in [-0.2, 0) is 22.6 Å². The number of carboxylic acid groups (broad SMARTS) is 1. The zero-order valence-corrected chi connectivity index (χ0v) is 18.3. The predicted molar refractivity (Wildman–Crippen MR) is 115 cm³/mol. The van der Waals surface area contributed by atoms with Crippen molar-refractivity contribution in [2.75, 3.05) is 7.11 Å². The predicted octanol–water partition coefficient (Wildman–Crippen LogP) is 3.70. The number of rotatable bonds is 9. The van der Waals surface area contributed by atoms with E-state index in [0.717, 1.165) is 5.56 Å². The molecule has 0 saturated carbocycles. The molecule has 0 spiro atoms. The number of alkyl carbamates (subject to hydrolysis) is 1. The number of hydrogen-bond donors (Lipinski definition) is 2. The first-order valence-electron chi connectivity index (χ1n) is 9.74. The van der Waals surface area contributed by atoms with E-state index in [-0.39, 0.29) is 18.7 Å². The van der Waals surface area contributed by atoms with Crippen molar-refractivity contribution in [3.05, 3.63) is 63.7 Å². The molecule has 2 aromatic rings. The van der Waals surface area contributed by atoms with Gasteiger partial charge in [0.05, 0.1) is 12.0 Å². The summed E-state index contributed by atoms with van der Waals surface area (Å²) in [6, 6.07) is 9.70. The van der Waals surface area contributed by atoms with Crippen LogP contribution < -0.4 is 14.8 Å². The number of carboxylic acids is 1. The van der Waals surface area contributed by atoms with Crippen molar-refractivity contribution in [3.63, 3.8) is 0 Å². The molecule has 1 atom stereocenters. The number of carbonyl (C=O) groups is 2. The Balaban J connectivity index is 2.06. The molecule has 0 bridgehead atoms. The third kappa shape index (κ3) is 7.46. The Bertz CT molecular complexity index is 967. The van der Waals surface area contributed by atoms with Crippen LogP contribution in [0.4, 0.5) is 10.5 Å². The highest BCUT2D eigenvalue weighted by Crippen LogP contribution is 2.29. The number of hydrogen-bond acceptors (Lipinski definition) is 7. The van der Waals surface area contributed by atoms with Crippen molar-refractivity contribution in [3.8, 4) is 11.5 Å². The number of benzene rings is 2. The molecule has 172 valence electrons. The number of carbonyl (C=O) groups excluding carboxylic acids is 1. The van der Waals surface area contributed by atoms with E-state index < -0.39 is 28.6 Å². The molecule has 2 rings (SSSR count). The van der Waals surface area contributed by atoms with Crippen molar-refractivity contribution >= 4 is 17.7 Å². The van der Waals surface area contributed by atoms with E-state index in [2.05, 4.69) is 5.32 Å². The molecule has 0 aliphatic carbocycles. The average molecular weight is 446 g/mol. The molecule has 10 nitrogen and oxygen atoms in total. The van der Waals surface area contributed by atoms with Crippen LogP contribution in [0.2, 0.25) is 0 Å². The second-order valence-electron chi connectivity index (χ2n) is 7.94. The second-order valence-corrected chi connectivity index (χ2v) is 7.94. The van der Waals surface area contributed by atoms with Gasteiger partial charge >= 0.3 is 12.1 Å². The Labute approximate surface area is 185 Å². The van der Waals surface area contributed by atoms with Gasteiger partial charge in [-0.3, -0.25) is 10.1 Å². The van der Waals surface area contributed by atoms with Crippen molar-refractivity contribution in [2.24, 2.45) is 0 Å². The summed E-state index contributed by atoms with van der Waals surface area (Å²) in [5.74, 6) is -0.402. The number of nitro benzene ring substituents is 1. The number of nitrogens with one attached hydrogen (secondary N) is 1. The fraction of sp³-hybridized carbons (Fsp3) is 0.364. The number of amides is 1. The van der Waals surface area contributed by atoms with Crippen LogP contribution in [-0.4, -0.2) is 40.8 Å². The summed E-state index contributed by atoms with van der Waals surface area (Å²) >= 11 is 0. The average Bonchev–Trinajstić information content (AvgIpc) is 2.71. The van der Waals surface area contributed by atoms with Crippen LogP contribution in [0.1, 0.15) is 31.9 Å². The van der Waals surface area contributed by atoms with Crippen LogP contribution in [0.15, 0.2) is 42.5 Å². The molecule has 0 fully saturated rings. The molecule has 0 aromatic heterocycles. The van der Waals surface area contributed by atoms with E-state index in [9.17, 15) is 24.8 Å². The largest absolute Gasteiger partial charge is 0.493 e. The molecular weight excluding hydrogens is 420 g/mol. The van der Waals surface area contributed by atoms with Crippen LogP contribution in [0.25, 0.3) is 0 Å². The summed E-state index contributed by atoms with van der Waals surface area (Å²) in [7, 11) is 1.45. The number of non-ortho nitro benzene ring substituents is 1. The van der Waals surface area contributed by atoms with Crippen molar-refractivity contribution in [1.29, 1.82) is 0 Å². The van der Waals surface area contributed by atoms with Gasteiger partial charge in [-0.05, 0) is 56.2 Å². The summed E-state index contributed by atoms with van der Waals surface area (Å²) in [6.45, 7) is 5.21. The maximum absolute atomic E-state index is 11.9. The van der Waals surface area contributed by atoms with E-state index in [1.807, 2.05) is 0 Å². The van der Waals surface area contributed by atoms with Gasteiger partial charge in [-0.2, -0.15) is 0 Å². The first-order chi connectivity index (χ1) is 15.0. The smallest absolute Gasteiger partial charge is 0.408 e. The highest BCUT2D eigenvalue weighted by molar-refractivity contribution is 5.80. The molecule has 0 radical (unpaired) electrons. The molecule has 1 amide bonds. The number of ether oxygens (including phenoxy) is 3. The number of methoxy groups -OCH3 is 1. The molecule has 2 aromatic carbocycles. The highest BCUT2D eigenvalue weighted by Gasteiger charge is 2.24. The van der Waals surface area contributed by atoms with Gasteiger partial charge in [-0.15, -0.1) is 0 Å². The zero-order valence-electron chi connectivity index (χ0n) is 18.3. The summed E-state index contributed by atoms with van der Waals surface area (Å²) < 4.78 is 16.2. The summed E-state index contributed by atoms with van der Waals surface area (Å²) in [4.78, 5) is 33.8. The minimum absolute atomic E-state index is 0.00751. The van der Waals surface area contributed by atoms with Crippen LogP contribution in [0.3, 0.4) is 0 Å². The SMILES string of the molecule is COc1cc(CC(NC(=O)OC(C)(C)C)C(=O)O)ccc1OCc1ccc([N+](=O)[O-])cc1. The third-order valence-electron chi connectivity index (χ3n) is 4.20. The lowest BCUT2D eigenvalue weighted by Crippen LogP contribution is -2.44. The van der Waals surface area contributed by atoms with Gasteiger partial charge in [0.1, 0.15) is 18.2 Å². The number of aliphatic carboxylic acids is 1. The van der Waals surface area contributed by atoms with Crippen molar-refractivity contribution in [1.82, 2.24) is 5.32 Å². The second kappa shape index (κ2) is 10.5. The Hall–Kier alpha value is -3.82. The number of nitro groups is 1. The van der Waals surface area contributed by atoms with Crippen molar-refractivity contribution in [2.45, 2.75) is 45.4 Å². The van der Waals surface area contributed by atoms with Crippen molar-refractivity contribution < 1.29 is 33.8 Å². The lowest BCUT2D eigenvalue weighted by atomic mass is 10.1. The van der Waals surface area contributed by atoms with Crippen LogP contribution in [0.5, 0.6) is 11.5 Å². The first-order valence-corrected chi connectivity index (χ1v) is 9.74. The molecular formula is C22H26N2O8. The molecule has 32 heavy (non-hydrogen) atoms. The van der Waals surface area contributed by atoms with E-state index in [0.29, 0.717) is 17.1 Å². The summed E-state index contributed by atoms with van der Waals surface area (Å²) in [6.07, 6.45) is -0.812. The maximum Gasteiger partial charge on any atom is 0.408 e. The van der Waals surface area contributed by atoms with Crippen LogP contribution in [0, 0.1) is 10.1 Å². The molecule has 0 aliphatic rings. The standard InChI is InChI=1S/C22H26N2O8/c1-22(2,3)32-21(27)23-17(20(25)26)11-15-7-10-18(19(12-15)30-4)31-13-14-5-8-16(9-6-14)24(28)29/h5-10,12,17H,11,13H2,1-4H3,(H,23,27)(H,25,26). The Morgan fingerprint density at radius 2 is 1.72 bits per heavy atom. The van der Waals surface area contributed by atoms with Gasteiger partial charge in [-0.25, -0.2) is 9.59 Å². The highest BCUT2D eigenvalue weighted by atomic mass is 16.6. The maximum atomic E-state index is 11.9. The lowest BCUT2D eigenvalue weighted by Gasteiger charge is -2.22. The normalized spacial score (nSPS) is 11.9. The minimum atomic E-state index is -1.20. The fourth-order valence-electron chi connectivity index (χ4n) is 2.72. The molecule has 2 N–H and O–H groups in total. The van der Waals surface area contributed by atoms with E-state index in [4.69, 9.17) is 14.2 Å². The van der Waals surface area contributed by atoms with Crippen LogP contribution >= 0.6 is 0 Å². The van der Waals surface area contributed by atoms with Gasteiger partial charge in [0, 0.05) is 18.6 Å². The quantitative estimate of drug-likeness (QED) is 0.439. The Morgan fingerprint density at radius 3 is 2.25 bits per heavy atom. The van der Waals surface area contributed by atoms with E-state index in [1.165, 1.54) is 19.2 Å². The monoisotopic (exact) mass is 446 g/mol. The van der Waals surface area contributed by atoms with E-state index in [1.54, 1.807) is 51.1 Å². The van der Waals surface area contributed by atoms with Gasteiger partial charge < -0.3 is 24.6 Å². The topological polar surface area (TPSA) is 137 Å². The summed E-state index contributed by atoms with van der Waals surface area (Å²) in [5.41, 5.74) is 0.574. The zero-order chi connectivity index (χ0) is 23.9. The fourth-order valence-corrected chi connectivity index (χ4v) is 2.72. The van der Waals surface area contributed by atoms with Gasteiger partial charge in [0.25, 0.3) is 5.69 Å². The molecule has 1 unspecified atom stereocenters. The molecule has 10 heteroatoms. The Kier molecular flexibility index (Phi) is 8.00. The Morgan fingerprint density at radius 1 is 1.09 bits per heavy atom. The lowest BCUT2D eigenvalue weighted by molar-refractivity contribution is -0.384. The molecule has 0 saturated heterocycles. The molecule has 0 aliphatic heterocycles. The third-order valence-corrected chi connectivity index (χ3v) is 4.20. The molecule has 0 heterocycles. The number of nitrogens with zero attached hydrogens (tertiary/aromatic N) is 1. The summed E-state index contributed by atoms with van der Waals surface area (Å²) in [5, 5.41) is 22.5.